The van der Waals surface area contributed by atoms with Gasteiger partial charge in [-0.25, -0.2) is 0 Å². The van der Waals surface area contributed by atoms with Gasteiger partial charge in [-0.1, -0.05) is 42.8 Å². The van der Waals surface area contributed by atoms with E-state index in [1.807, 2.05) is 0 Å². The summed E-state index contributed by atoms with van der Waals surface area (Å²) in [6.07, 6.45) is 9.84. The van der Waals surface area contributed by atoms with E-state index in [0.717, 1.165) is 18.9 Å². The summed E-state index contributed by atoms with van der Waals surface area (Å²) < 4.78 is 0. The van der Waals surface area contributed by atoms with Gasteiger partial charge in [0.25, 0.3) is 0 Å². The molecular weight excluding hydrogens is 230 g/mol. The molecule has 0 bridgehead atoms. The van der Waals surface area contributed by atoms with Crippen molar-refractivity contribution in [2.24, 2.45) is 0 Å². The molecule has 1 nitrogen and oxygen atoms in total. The number of nitrogens with one attached hydrogen (secondary N) is 1. The van der Waals surface area contributed by atoms with Crippen LogP contribution < -0.4 is 5.32 Å². The minimum Gasteiger partial charge on any atom is -0.312 e. The van der Waals surface area contributed by atoms with Crippen LogP contribution in [0.2, 0.25) is 0 Å². The van der Waals surface area contributed by atoms with Crippen LogP contribution in [0.3, 0.4) is 0 Å². The first kappa shape index (κ1) is 14.3. The fraction of sp³-hybridized carbons (Fsp3) is 0.556. The monoisotopic (exact) mass is 257 g/mol. The Morgan fingerprint density at radius 2 is 1.95 bits per heavy atom. The van der Waals surface area contributed by atoms with Gasteiger partial charge < -0.3 is 5.32 Å². The van der Waals surface area contributed by atoms with E-state index in [4.69, 9.17) is 0 Å². The SMILES string of the molecule is CC(C)(C)NCC/C=C/c1ccccc1C1CCC1. The average molecular weight is 257 g/mol. The maximum Gasteiger partial charge on any atom is 0.00966 e. The highest BCUT2D eigenvalue weighted by atomic mass is 14.9. The number of hydrogen-bond acceptors (Lipinski definition) is 1. The highest BCUT2D eigenvalue weighted by Crippen LogP contribution is 2.38. The largest absolute Gasteiger partial charge is 0.312 e. The Kier molecular flexibility index (Phi) is 4.81. The van der Waals surface area contributed by atoms with E-state index in [1.54, 1.807) is 5.56 Å². The first-order chi connectivity index (χ1) is 9.06. The normalized spacial score (nSPS) is 16.8. The number of rotatable bonds is 5. The molecule has 1 aliphatic carbocycles. The van der Waals surface area contributed by atoms with Gasteiger partial charge >= 0.3 is 0 Å². The van der Waals surface area contributed by atoms with Crippen LogP contribution in [0.4, 0.5) is 0 Å². The van der Waals surface area contributed by atoms with E-state index in [9.17, 15) is 0 Å². The molecule has 1 N–H and O–H groups in total. The molecule has 0 heterocycles. The first-order valence-electron chi connectivity index (χ1n) is 7.57. The van der Waals surface area contributed by atoms with Gasteiger partial charge in [-0.3, -0.25) is 0 Å². The predicted molar refractivity (Wildman–Crippen MR) is 84.4 cm³/mol. The summed E-state index contributed by atoms with van der Waals surface area (Å²) in [7, 11) is 0. The minimum atomic E-state index is 0.220. The van der Waals surface area contributed by atoms with Gasteiger partial charge in [-0.05, 0) is 63.6 Å². The Morgan fingerprint density at radius 3 is 2.58 bits per heavy atom. The minimum absolute atomic E-state index is 0.220. The molecule has 2 rings (SSSR count). The molecule has 104 valence electrons. The summed E-state index contributed by atoms with van der Waals surface area (Å²) in [5, 5.41) is 3.52. The van der Waals surface area contributed by atoms with Crippen molar-refractivity contribution in [1.29, 1.82) is 0 Å². The second-order valence-electron chi connectivity index (χ2n) is 6.62. The van der Waals surface area contributed by atoms with E-state index < -0.39 is 0 Å². The summed E-state index contributed by atoms with van der Waals surface area (Å²) >= 11 is 0. The lowest BCUT2D eigenvalue weighted by atomic mass is 9.78. The maximum absolute atomic E-state index is 3.52. The standard InChI is InChI=1S/C18H27N/c1-18(2,3)19-14-7-6-10-15-9-4-5-13-17(15)16-11-8-12-16/h4-6,9-10,13,16,19H,7-8,11-12,14H2,1-3H3/b10-6+. The molecule has 0 unspecified atom stereocenters. The van der Waals surface area contributed by atoms with Gasteiger partial charge in [0.15, 0.2) is 0 Å². The molecule has 0 atom stereocenters. The highest BCUT2D eigenvalue weighted by molar-refractivity contribution is 5.55. The maximum atomic E-state index is 3.52. The van der Waals surface area contributed by atoms with Crippen molar-refractivity contribution < 1.29 is 0 Å². The lowest BCUT2D eigenvalue weighted by Gasteiger charge is -2.27. The molecule has 1 aromatic rings. The van der Waals surface area contributed by atoms with E-state index in [-0.39, 0.29) is 5.54 Å². The summed E-state index contributed by atoms with van der Waals surface area (Å²) in [4.78, 5) is 0. The molecule has 1 fully saturated rings. The first-order valence-corrected chi connectivity index (χ1v) is 7.57. The predicted octanol–water partition coefficient (Wildman–Crippen LogP) is 4.75. The Bertz CT molecular complexity index is 422. The quantitative estimate of drug-likeness (QED) is 0.751. The molecule has 0 spiro atoms. The zero-order valence-electron chi connectivity index (χ0n) is 12.6. The topological polar surface area (TPSA) is 12.0 Å². The Labute approximate surface area is 118 Å². The zero-order valence-corrected chi connectivity index (χ0v) is 12.6. The van der Waals surface area contributed by atoms with Gasteiger partial charge in [-0.2, -0.15) is 0 Å². The van der Waals surface area contributed by atoms with Crippen LogP contribution in [-0.4, -0.2) is 12.1 Å². The number of benzene rings is 1. The lowest BCUT2D eigenvalue weighted by molar-refractivity contribution is 0.419. The van der Waals surface area contributed by atoms with Crippen molar-refractivity contribution in [1.82, 2.24) is 5.32 Å². The third-order valence-corrected chi connectivity index (χ3v) is 3.80. The second kappa shape index (κ2) is 6.38. The smallest absolute Gasteiger partial charge is 0.00966 e. The van der Waals surface area contributed by atoms with Gasteiger partial charge in [0.2, 0.25) is 0 Å². The summed E-state index contributed by atoms with van der Waals surface area (Å²) in [6.45, 7) is 7.68. The van der Waals surface area contributed by atoms with Crippen molar-refractivity contribution in [3.8, 4) is 0 Å². The van der Waals surface area contributed by atoms with Crippen molar-refractivity contribution in [2.75, 3.05) is 6.54 Å². The molecule has 1 aromatic carbocycles. The summed E-state index contributed by atoms with van der Waals surface area (Å²) in [5.74, 6) is 0.813. The van der Waals surface area contributed by atoms with Crippen molar-refractivity contribution in [3.63, 3.8) is 0 Å². The molecule has 0 radical (unpaired) electrons. The molecule has 0 amide bonds. The van der Waals surface area contributed by atoms with Gasteiger partial charge in [0.1, 0.15) is 0 Å². The number of hydrogen-bond donors (Lipinski definition) is 1. The van der Waals surface area contributed by atoms with Crippen molar-refractivity contribution in [2.45, 2.75) is 57.9 Å². The van der Waals surface area contributed by atoms with Crippen LogP contribution in [0.1, 0.15) is 63.5 Å². The molecule has 1 aliphatic rings. The molecule has 0 saturated heterocycles. The molecule has 1 saturated carbocycles. The van der Waals surface area contributed by atoms with E-state index in [1.165, 1.54) is 24.8 Å². The molecule has 0 aliphatic heterocycles. The molecular formula is C18H27N. The molecule has 19 heavy (non-hydrogen) atoms. The van der Waals surface area contributed by atoms with Crippen LogP contribution in [0.15, 0.2) is 30.3 Å². The fourth-order valence-electron chi connectivity index (χ4n) is 2.49. The van der Waals surface area contributed by atoms with E-state index >= 15 is 0 Å². The Balaban J connectivity index is 1.88. The van der Waals surface area contributed by atoms with Crippen molar-refractivity contribution in [3.05, 3.63) is 41.5 Å². The van der Waals surface area contributed by atoms with Gasteiger partial charge in [0.05, 0.1) is 0 Å². The molecule has 1 heteroatoms. The lowest BCUT2D eigenvalue weighted by Crippen LogP contribution is -2.36. The van der Waals surface area contributed by atoms with E-state index in [2.05, 4.69) is 62.5 Å². The third kappa shape index (κ3) is 4.50. The highest BCUT2D eigenvalue weighted by Gasteiger charge is 2.20. The van der Waals surface area contributed by atoms with E-state index in [0.29, 0.717) is 0 Å². The van der Waals surface area contributed by atoms with Gasteiger partial charge in [0, 0.05) is 5.54 Å². The van der Waals surface area contributed by atoms with Crippen LogP contribution in [0.25, 0.3) is 6.08 Å². The van der Waals surface area contributed by atoms with Crippen LogP contribution >= 0.6 is 0 Å². The average Bonchev–Trinajstić information content (AvgIpc) is 2.27. The molecule has 0 aromatic heterocycles. The van der Waals surface area contributed by atoms with Crippen molar-refractivity contribution >= 4 is 6.08 Å². The second-order valence-corrected chi connectivity index (χ2v) is 6.62. The zero-order chi connectivity index (χ0) is 13.7. The van der Waals surface area contributed by atoms with Gasteiger partial charge in [-0.15, -0.1) is 0 Å². The fourth-order valence-corrected chi connectivity index (χ4v) is 2.49. The third-order valence-electron chi connectivity index (χ3n) is 3.80. The Morgan fingerprint density at radius 1 is 1.21 bits per heavy atom. The summed E-state index contributed by atoms with van der Waals surface area (Å²) in [6, 6.07) is 8.87. The van der Waals surface area contributed by atoms with Crippen LogP contribution in [-0.2, 0) is 0 Å². The van der Waals surface area contributed by atoms with Crippen LogP contribution in [0.5, 0.6) is 0 Å². The van der Waals surface area contributed by atoms with Crippen LogP contribution in [0, 0.1) is 0 Å². The summed E-state index contributed by atoms with van der Waals surface area (Å²) in [5.41, 5.74) is 3.19. The Hall–Kier alpha value is -1.08.